The molecule has 0 radical (unpaired) electrons. The van der Waals surface area contributed by atoms with Crippen LogP contribution in [-0.4, -0.2) is 29.0 Å². The predicted molar refractivity (Wildman–Crippen MR) is 53.1 cm³/mol. The van der Waals surface area contributed by atoms with Crippen molar-refractivity contribution in [2.45, 2.75) is 31.9 Å². The maximum absolute atomic E-state index is 6.89. The molecule has 0 aromatic carbocycles. The monoisotopic (exact) mass is 189 g/mol. The molecule has 0 atom stereocenters. The van der Waals surface area contributed by atoms with Crippen molar-refractivity contribution < 1.29 is 8.85 Å². The van der Waals surface area contributed by atoms with E-state index < -0.39 is 8.56 Å². The minimum atomic E-state index is -1.86. The third kappa shape index (κ3) is 3.47. The van der Waals surface area contributed by atoms with Gasteiger partial charge in [0.05, 0.1) is 0 Å². The summed E-state index contributed by atoms with van der Waals surface area (Å²) in [5, 5.41) is 6.89. The zero-order chi connectivity index (χ0) is 9.45. The van der Waals surface area contributed by atoms with E-state index in [9.17, 15) is 0 Å². The number of hydrogen-bond acceptors (Lipinski definition) is 3. The first-order valence-corrected chi connectivity index (χ1v) is 6.57. The van der Waals surface area contributed by atoms with Crippen molar-refractivity contribution in [3.05, 3.63) is 0 Å². The van der Waals surface area contributed by atoms with Gasteiger partial charge >= 0.3 is 8.56 Å². The molecular weight excluding hydrogens is 170 g/mol. The molecule has 0 unspecified atom stereocenters. The molecule has 0 bridgehead atoms. The zero-order valence-corrected chi connectivity index (χ0v) is 9.22. The van der Waals surface area contributed by atoms with Gasteiger partial charge in [0.2, 0.25) is 0 Å². The lowest BCUT2D eigenvalue weighted by Crippen LogP contribution is -2.38. The molecule has 0 fully saturated rings. The molecule has 0 aliphatic carbocycles. The summed E-state index contributed by atoms with van der Waals surface area (Å²) in [6.45, 7) is 2.10. The SMILES string of the molecule is CC[Si](CCCC=N)(OC)OC. The summed E-state index contributed by atoms with van der Waals surface area (Å²) in [5.41, 5.74) is 0. The third-order valence-electron chi connectivity index (χ3n) is 2.19. The van der Waals surface area contributed by atoms with Gasteiger partial charge in [0.15, 0.2) is 0 Å². The summed E-state index contributed by atoms with van der Waals surface area (Å²) < 4.78 is 10.8. The van der Waals surface area contributed by atoms with Crippen molar-refractivity contribution in [3.63, 3.8) is 0 Å². The third-order valence-corrected chi connectivity index (χ3v) is 5.87. The van der Waals surface area contributed by atoms with E-state index in [0.717, 1.165) is 24.9 Å². The van der Waals surface area contributed by atoms with Gasteiger partial charge in [-0.1, -0.05) is 6.92 Å². The molecule has 0 saturated carbocycles. The Bertz CT molecular complexity index is 118. The van der Waals surface area contributed by atoms with Crippen LogP contribution in [0.4, 0.5) is 0 Å². The Hall–Kier alpha value is -0.193. The quantitative estimate of drug-likeness (QED) is 0.379. The fraction of sp³-hybridized carbons (Fsp3) is 0.875. The van der Waals surface area contributed by atoms with Crippen molar-refractivity contribution in [1.29, 1.82) is 5.41 Å². The Labute approximate surface area is 75.8 Å². The lowest BCUT2D eigenvalue weighted by Gasteiger charge is -2.25. The van der Waals surface area contributed by atoms with E-state index >= 15 is 0 Å². The van der Waals surface area contributed by atoms with E-state index in [4.69, 9.17) is 14.3 Å². The molecule has 0 amide bonds. The summed E-state index contributed by atoms with van der Waals surface area (Å²) in [6, 6.07) is 1.98. The molecule has 12 heavy (non-hydrogen) atoms. The normalized spacial score (nSPS) is 11.6. The fourth-order valence-corrected chi connectivity index (χ4v) is 3.47. The predicted octanol–water partition coefficient (Wildman–Crippen LogP) is 2.17. The highest BCUT2D eigenvalue weighted by molar-refractivity contribution is 6.67. The van der Waals surface area contributed by atoms with E-state index in [0.29, 0.717) is 0 Å². The fourth-order valence-electron chi connectivity index (χ4n) is 1.23. The molecule has 0 spiro atoms. The first-order valence-electron chi connectivity index (χ1n) is 4.34. The van der Waals surface area contributed by atoms with Gasteiger partial charge in [0.25, 0.3) is 0 Å². The first kappa shape index (κ1) is 11.8. The maximum atomic E-state index is 6.89. The van der Waals surface area contributed by atoms with E-state index in [1.54, 1.807) is 14.2 Å². The van der Waals surface area contributed by atoms with Crippen molar-refractivity contribution in [2.24, 2.45) is 0 Å². The van der Waals surface area contributed by atoms with Gasteiger partial charge < -0.3 is 14.3 Å². The van der Waals surface area contributed by atoms with Crippen LogP contribution in [0.1, 0.15) is 19.8 Å². The largest absolute Gasteiger partial charge is 0.398 e. The molecule has 0 saturated heterocycles. The zero-order valence-electron chi connectivity index (χ0n) is 8.22. The Kier molecular flexibility index (Phi) is 6.23. The van der Waals surface area contributed by atoms with Crippen LogP contribution in [0.2, 0.25) is 12.1 Å². The number of nitrogens with one attached hydrogen (secondary N) is 1. The summed E-state index contributed by atoms with van der Waals surface area (Å²) in [4.78, 5) is 0. The van der Waals surface area contributed by atoms with Crippen LogP contribution >= 0.6 is 0 Å². The van der Waals surface area contributed by atoms with Gasteiger partial charge in [-0.3, -0.25) is 0 Å². The average Bonchev–Trinajstić information content (AvgIpc) is 2.14. The summed E-state index contributed by atoms with van der Waals surface area (Å²) in [7, 11) is 1.59. The average molecular weight is 189 g/mol. The molecule has 1 N–H and O–H groups in total. The van der Waals surface area contributed by atoms with Crippen molar-refractivity contribution in [2.75, 3.05) is 14.2 Å². The van der Waals surface area contributed by atoms with Crippen LogP contribution in [0.25, 0.3) is 0 Å². The second-order valence-electron chi connectivity index (χ2n) is 2.77. The topological polar surface area (TPSA) is 42.3 Å². The summed E-state index contributed by atoms with van der Waals surface area (Å²) in [5.74, 6) is 0. The van der Waals surface area contributed by atoms with Gasteiger partial charge in [0, 0.05) is 14.2 Å². The van der Waals surface area contributed by atoms with E-state index in [-0.39, 0.29) is 0 Å². The van der Waals surface area contributed by atoms with E-state index in [2.05, 4.69) is 6.92 Å². The smallest absolute Gasteiger partial charge is 0.337 e. The lowest BCUT2D eigenvalue weighted by atomic mass is 10.4. The van der Waals surface area contributed by atoms with Gasteiger partial charge in [-0.15, -0.1) is 0 Å². The second kappa shape index (κ2) is 6.34. The highest BCUT2D eigenvalue weighted by Crippen LogP contribution is 2.19. The Morgan fingerprint density at radius 3 is 2.25 bits per heavy atom. The molecule has 0 aliphatic rings. The molecule has 0 aromatic rings. The van der Waals surface area contributed by atoms with E-state index in [1.165, 1.54) is 6.21 Å². The minimum absolute atomic E-state index is 0.835. The highest BCUT2D eigenvalue weighted by Gasteiger charge is 2.31. The number of hydrogen-bond donors (Lipinski definition) is 1. The summed E-state index contributed by atoms with van der Waals surface area (Å²) >= 11 is 0. The van der Waals surface area contributed by atoms with Crippen LogP contribution in [-0.2, 0) is 8.85 Å². The molecule has 0 rings (SSSR count). The highest BCUT2D eigenvalue weighted by atomic mass is 28.4. The molecule has 0 heterocycles. The number of unbranched alkanes of at least 4 members (excludes halogenated alkanes) is 1. The Balaban J connectivity index is 3.84. The van der Waals surface area contributed by atoms with E-state index in [1.807, 2.05) is 0 Å². The van der Waals surface area contributed by atoms with Gasteiger partial charge in [-0.05, 0) is 31.1 Å². The van der Waals surface area contributed by atoms with Crippen LogP contribution in [0, 0.1) is 5.41 Å². The second-order valence-corrected chi connectivity index (χ2v) is 6.61. The van der Waals surface area contributed by atoms with Gasteiger partial charge in [-0.2, -0.15) is 0 Å². The standard InChI is InChI=1S/C8H19NO2Si/c1-4-12(10-2,11-3)8-6-5-7-9/h7,9H,4-6,8H2,1-3H3. The van der Waals surface area contributed by atoms with Gasteiger partial charge in [0.1, 0.15) is 0 Å². The first-order chi connectivity index (χ1) is 5.74. The molecular formula is C8H19NO2Si. The molecule has 0 aliphatic heterocycles. The minimum Gasteiger partial charge on any atom is -0.398 e. The van der Waals surface area contributed by atoms with Crippen LogP contribution < -0.4 is 0 Å². The molecule has 72 valence electrons. The summed E-state index contributed by atoms with van der Waals surface area (Å²) in [6.07, 6.45) is 3.28. The van der Waals surface area contributed by atoms with Crippen LogP contribution in [0.3, 0.4) is 0 Å². The van der Waals surface area contributed by atoms with Crippen molar-refractivity contribution in [1.82, 2.24) is 0 Å². The maximum Gasteiger partial charge on any atom is 0.337 e. The molecule has 3 nitrogen and oxygen atoms in total. The van der Waals surface area contributed by atoms with Crippen LogP contribution in [0.15, 0.2) is 0 Å². The van der Waals surface area contributed by atoms with Crippen LogP contribution in [0.5, 0.6) is 0 Å². The number of rotatable bonds is 7. The Morgan fingerprint density at radius 1 is 1.33 bits per heavy atom. The molecule has 0 aromatic heterocycles. The molecule has 4 heteroatoms. The van der Waals surface area contributed by atoms with Crippen molar-refractivity contribution in [3.8, 4) is 0 Å². The van der Waals surface area contributed by atoms with Crippen molar-refractivity contribution >= 4 is 14.8 Å². The van der Waals surface area contributed by atoms with Gasteiger partial charge in [-0.25, -0.2) is 0 Å². The Morgan fingerprint density at radius 2 is 1.92 bits per heavy atom. The lowest BCUT2D eigenvalue weighted by molar-refractivity contribution is 0.242.